The summed E-state index contributed by atoms with van der Waals surface area (Å²) in [5, 5.41) is 3.30. The Hall–Kier alpha value is -0.970. The summed E-state index contributed by atoms with van der Waals surface area (Å²) in [6, 6.07) is 6.72. The van der Waals surface area contributed by atoms with Gasteiger partial charge in [0.1, 0.15) is 0 Å². The quantitative estimate of drug-likeness (QED) is 0.883. The standard InChI is InChI=1S/C15H26N4/c1-15(2)12-18(4)14(9-16-3)11-19(15)10-13-7-5-6-8-17-13/h5-8,14,16H,9-12H2,1-4H3. The highest BCUT2D eigenvalue weighted by Crippen LogP contribution is 2.24. The van der Waals surface area contributed by atoms with Crippen molar-refractivity contribution in [3.63, 3.8) is 0 Å². The van der Waals surface area contributed by atoms with Crippen LogP contribution in [0.2, 0.25) is 0 Å². The van der Waals surface area contributed by atoms with Crippen LogP contribution in [0.25, 0.3) is 0 Å². The van der Waals surface area contributed by atoms with Crippen LogP contribution >= 0.6 is 0 Å². The lowest BCUT2D eigenvalue weighted by molar-refractivity contribution is -0.0102. The van der Waals surface area contributed by atoms with Gasteiger partial charge >= 0.3 is 0 Å². The van der Waals surface area contributed by atoms with Crippen LogP contribution in [0.4, 0.5) is 0 Å². The van der Waals surface area contributed by atoms with Crippen LogP contribution < -0.4 is 5.32 Å². The van der Waals surface area contributed by atoms with E-state index >= 15 is 0 Å². The average molecular weight is 262 g/mol. The molecule has 1 N–H and O–H groups in total. The lowest BCUT2D eigenvalue weighted by atomic mass is 9.95. The van der Waals surface area contributed by atoms with E-state index in [1.165, 1.54) is 0 Å². The zero-order valence-electron chi connectivity index (χ0n) is 12.6. The number of hydrogen-bond donors (Lipinski definition) is 1. The molecule has 1 aliphatic rings. The van der Waals surface area contributed by atoms with Crippen molar-refractivity contribution in [2.45, 2.75) is 32.0 Å². The highest BCUT2D eigenvalue weighted by atomic mass is 15.3. The number of nitrogens with zero attached hydrogens (tertiary/aromatic N) is 3. The Morgan fingerprint density at radius 1 is 1.42 bits per heavy atom. The summed E-state index contributed by atoms with van der Waals surface area (Å²) in [4.78, 5) is 9.47. The van der Waals surface area contributed by atoms with E-state index < -0.39 is 0 Å². The molecule has 0 bridgehead atoms. The summed E-state index contributed by atoms with van der Waals surface area (Å²) in [5.74, 6) is 0. The van der Waals surface area contributed by atoms with Gasteiger partial charge in [-0.15, -0.1) is 0 Å². The third kappa shape index (κ3) is 3.53. The number of pyridine rings is 1. The van der Waals surface area contributed by atoms with Gasteiger partial charge in [-0.25, -0.2) is 0 Å². The molecule has 2 heterocycles. The summed E-state index contributed by atoms with van der Waals surface area (Å²) >= 11 is 0. The van der Waals surface area contributed by atoms with Crippen molar-refractivity contribution in [1.82, 2.24) is 20.1 Å². The molecule has 1 fully saturated rings. The Morgan fingerprint density at radius 2 is 2.21 bits per heavy atom. The van der Waals surface area contributed by atoms with Gasteiger partial charge < -0.3 is 5.32 Å². The molecule has 106 valence electrons. The zero-order valence-corrected chi connectivity index (χ0v) is 12.6. The van der Waals surface area contributed by atoms with Crippen LogP contribution in [-0.4, -0.2) is 60.1 Å². The molecule has 19 heavy (non-hydrogen) atoms. The monoisotopic (exact) mass is 262 g/mol. The minimum atomic E-state index is 0.191. The summed E-state index contributed by atoms with van der Waals surface area (Å²) in [7, 11) is 4.25. The second-order valence-electron chi connectivity index (χ2n) is 6.14. The first kappa shape index (κ1) is 14.4. The van der Waals surface area contributed by atoms with E-state index in [1.807, 2.05) is 19.3 Å². The number of nitrogens with one attached hydrogen (secondary N) is 1. The van der Waals surface area contributed by atoms with E-state index in [2.05, 4.69) is 53.1 Å². The van der Waals surface area contributed by atoms with Gasteiger partial charge in [0.25, 0.3) is 0 Å². The number of piperazine rings is 1. The smallest absolute Gasteiger partial charge is 0.0544 e. The van der Waals surface area contributed by atoms with E-state index in [1.54, 1.807) is 0 Å². The van der Waals surface area contributed by atoms with Crippen LogP contribution in [0.3, 0.4) is 0 Å². The van der Waals surface area contributed by atoms with Crippen LogP contribution in [0, 0.1) is 0 Å². The van der Waals surface area contributed by atoms with Gasteiger partial charge in [-0.1, -0.05) is 6.07 Å². The second-order valence-corrected chi connectivity index (χ2v) is 6.14. The summed E-state index contributed by atoms with van der Waals surface area (Å²) in [6.45, 7) is 8.78. The Kier molecular flexibility index (Phi) is 4.55. The molecule has 0 spiro atoms. The van der Waals surface area contributed by atoms with Crippen LogP contribution in [0.15, 0.2) is 24.4 Å². The Bertz CT molecular complexity index is 390. The van der Waals surface area contributed by atoms with E-state index in [0.29, 0.717) is 6.04 Å². The highest BCUT2D eigenvalue weighted by molar-refractivity contribution is 5.05. The van der Waals surface area contributed by atoms with Gasteiger partial charge in [0.05, 0.1) is 5.69 Å². The van der Waals surface area contributed by atoms with Gasteiger partial charge in [0.15, 0.2) is 0 Å². The first-order chi connectivity index (χ1) is 9.03. The SMILES string of the molecule is CNCC1CN(Cc2ccccn2)C(C)(C)CN1C. The topological polar surface area (TPSA) is 31.4 Å². The largest absolute Gasteiger partial charge is 0.318 e. The molecule has 4 nitrogen and oxygen atoms in total. The molecule has 0 aliphatic carbocycles. The van der Waals surface area contributed by atoms with Gasteiger partial charge in [-0.2, -0.15) is 0 Å². The number of aromatic nitrogens is 1. The van der Waals surface area contributed by atoms with Gasteiger partial charge in [-0.3, -0.25) is 14.8 Å². The molecule has 0 radical (unpaired) electrons. The molecule has 1 aromatic rings. The van der Waals surface area contributed by atoms with Gasteiger partial charge in [0.2, 0.25) is 0 Å². The van der Waals surface area contributed by atoms with Crippen molar-refractivity contribution < 1.29 is 0 Å². The zero-order chi connectivity index (χ0) is 13.9. The molecule has 0 saturated carbocycles. The maximum absolute atomic E-state index is 4.46. The van der Waals surface area contributed by atoms with Crippen LogP contribution in [-0.2, 0) is 6.54 Å². The second kappa shape index (κ2) is 5.99. The summed E-state index contributed by atoms with van der Waals surface area (Å²) in [5.41, 5.74) is 1.35. The van der Waals surface area contributed by atoms with E-state index in [4.69, 9.17) is 0 Å². The predicted molar refractivity (Wildman–Crippen MR) is 79.1 cm³/mol. The lowest BCUT2D eigenvalue weighted by Crippen LogP contribution is -2.63. The number of hydrogen-bond acceptors (Lipinski definition) is 4. The van der Waals surface area contributed by atoms with Crippen LogP contribution in [0.5, 0.6) is 0 Å². The summed E-state index contributed by atoms with van der Waals surface area (Å²) < 4.78 is 0. The molecule has 2 rings (SSSR count). The van der Waals surface area contributed by atoms with Gasteiger partial charge in [0, 0.05) is 44.0 Å². The number of rotatable bonds is 4. The Morgan fingerprint density at radius 3 is 2.84 bits per heavy atom. The molecule has 1 aromatic heterocycles. The predicted octanol–water partition coefficient (Wildman–Crippen LogP) is 1.20. The van der Waals surface area contributed by atoms with Gasteiger partial charge in [-0.05, 0) is 40.1 Å². The normalized spacial score (nSPS) is 24.5. The molecule has 1 atom stereocenters. The first-order valence-electron chi connectivity index (χ1n) is 7.03. The third-order valence-corrected chi connectivity index (χ3v) is 4.07. The highest BCUT2D eigenvalue weighted by Gasteiger charge is 2.36. The van der Waals surface area contributed by atoms with E-state index in [-0.39, 0.29) is 5.54 Å². The lowest BCUT2D eigenvalue weighted by Gasteiger charge is -2.50. The van der Waals surface area contributed by atoms with Crippen molar-refractivity contribution in [2.75, 3.05) is 33.7 Å². The maximum atomic E-state index is 4.46. The maximum Gasteiger partial charge on any atom is 0.0544 e. The fourth-order valence-electron chi connectivity index (χ4n) is 2.90. The summed E-state index contributed by atoms with van der Waals surface area (Å²) in [6.07, 6.45) is 1.88. The molecule has 0 amide bonds. The Balaban J connectivity index is 2.08. The fourth-order valence-corrected chi connectivity index (χ4v) is 2.90. The minimum absolute atomic E-state index is 0.191. The average Bonchev–Trinajstić information content (AvgIpc) is 2.36. The van der Waals surface area contributed by atoms with E-state index in [0.717, 1.165) is 31.9 Å². The van der Waals surface area contributed by atoms with Crippen LogP contribution in [0.1, 0.15) is 19.5 Å². The van der Waals surface area contributed by atoms with Crippen molar-refractivity contribution in [3.8, 4) is 0 Å². The third-order valence-electron chi connectivity index (χ3n) is 4.07. The Labute approximate surface area is 116 Å². The van der Waals surface area contributed by atoms with Crippen molar-refractivity contribution in [3.05, 3.63) is 30.1 Å². The minimum Gasteiger partial charge on any atom is -0.318 e. The fraction of sp³-hybridized carbons (Fsp3) is 0.667. The first-order valence-corrected chi connectivity index (χ1v) is 7.03. The van der Waals surface area contributed by atoms with Crippen molar-refractivity contribution in [1.29, 1.82) is 0 Å². The molecule has 0 aromatic carbocycles. The molecule has 4 heteroatoms. The number of likely N-dealkylation sites (N-methyl/N-ethyl adjacent to an activating group) is 2. The molecule has 1 aliphatic heterocycles. The van der Waals surface area contributed by atoms with Crippen molar-refractivity contribution >= 4 is 0 Å². The molecular weight excluding hydrogens is 236 g/mol. The molecular formula is C15H26N4. The van der Waals surface area contributed by atoms with Crippen molar-refractivity contribution in [2.24, 2.45) is 0 Å². The molecule has 1 saturated heterocycles. The molecule has 1 unspecified atom stereocenters. The van der Waals surface area contributed by atoms with E-state index in [9.17, 15) is 0 Å².